The zero-order valence-corrected chi connectivity index (χ0v) is 17.3. The van der Waals surface area contributed by atoms with E-state index in [9.17, 15) is 13.5 Å². The van der Waals surface area contributed by atoms with Gasteiger partial charge in [-0.3, -0.25) is 4.90 Å². The Hall–Kier alpha value is -2.13. The summed E-state index contributed by atoms with van der Waals surface area (Å²) in [5.74, 6) is 1.53. The fourth-order valence-corrected chi connectivity index (χ4v) is 5.24. The highest BCUT2D eigenvalue weighted by molar-refractivity contribution is 7.89. The number of hydrogen-bond acceptors (Lipinski definition) is 6. The first kappa shape index (κ1) is 20.2. The summed E-state index contributed by atoms with van der Waals surface area (Å²) >= 11 is 0. The SMILES string of the molecule is COc1ccc(S(=O)(=O)N2CCN(C[C@@H](O)c3ccc4c(c3)CCO4)CC2)cc1. The Morgan fingerprint density at radius 2 is 1.83 bits per heavy atom. The Bertz CT molecular complexity index is 954. The number of β-amino-alcohol motifs (C(OH)–C–C–N with tert-alkyl or cyclic N) is 1. The highest BCUT2D eigenvalue weighted by atomic mass is 32.2. The van der Waals surface area contributed by atoms with E-state index in [0.717, 1.165) is 23.3 Å². The van der Waals surface area contributed by atoms with Crippen LogP contribution in [0.25, 0.3) is 0 Å². The molecule has 2 aliphatic rings. The number of methoxy groups -OCH3 is 1. The topological polar surface area (TPSA) is 79.3 Å². The van der Waals surface area contributed by atoms with E-state index in [4.69, 9.17) is 9.47 Å². The first-order valence-electron chi connectivity index (χ1n) is 9.77. The molecule has 0 aromatic heterocycles. The highest BCUT2D eigenvalue weighted by Crippen LogP contribution is 2.29. The van der Waals surface area contributed by atoms with Gasteiger partial charge in [0.2, 0.25) is 10.0 Å². The Labute approximate surface area is 171 Å². The van der Waals surface area contributed by atoms with Gasteiger partial charge in [-0.05, 0) is 47.5 Å². The second kappa shape index (κ2) is 8.31. The normalized spacial score (nSPS) is 18.8. The Morgan fingerprint density at radius 1 is 1.10 bits per heavy atom. The molecule has 0 radical (unpaired) electrons. The smallest absolute Gasteiger partial charge is 0.243 e. The monoisotopic (exact) mass is 418 g/mol. The molecule has 29 heavy (non-hydrogen) atoms. The molecule has 1 fully saturated rings. The van der Waals surface area contributed by atoms with Gasteiger partial charge in [-0.2, -0.15) is 4.31 Å². The second-order valence-electron chi connectivity index (χ2n) is 7.36. The Kier molecular flexibility index (Phi) is 5.78. The summed E-state index contributed by atoms with van der Waals surface area (Å²) in [5.41, 5.74) is 2.01. The van der Waals surface area contributed by atoms with E-state index in [-0.39, 0.29) is 4.90 Å². The molecular weight excluding hydrogens is 392 g/mol. The third-order valence-electron chi connectivity index (χ3n) is 5.56. The molecule has 8 heteroatoms. The molecule has 0 amide bonds. The molecule has 0 spiro atoms. The molecule has 0 saturated carbocycles. The molecular formula is C21H26N2O5S. The summed E-state index contributed by atoms with van der Waals surface area (Å²) in [4.78, 5) is 2.38. The van der Waals surface area contributed by atoms with Crippen molar-refractivity contribution in [1.82, 2.24) is 9.21 Å². The van der Waals surface area contributed by atoms with Gasteiger partial charge in [0.05, 0.1) is 24.7 Å². The van der Waals surface area contributed by atoms with Crippen molar-refractivity contribution in [2.45, 2.75) is 17.4 Å². The van der Waals surface area contributed by atoms with Crippen LogP contribution < -0.4 is 9.47 Å². The van der Waals surface area contributed by atoms with Crippen LogP contribution >= 0.6 is 0 Å². The number of rotatable bonds is 6. The number of ether oxygens (including phenoxy) is 2. The molecule has 2 aromatic carbocycles. The highest BCUT2D eigenvalue weighted by Gasteiger charge is 2.29. The van der Waals surface area contributed by atoms with Crippen molar-refractivity contribution in [3.05, 3.63) is 53.6 Å². The van der Waals surface area contributed by atoms with Crippen LogP contribution in [0.2, 0.25) is 0 Å². The first-order chi connectivity index (χ1) is 14.0. The quantitative estimate of drug-likeness (QED) is 0.769. The molecule has 0 unspecified atom stereocenters. The number of fused-ring (bicyclic) bond motifs is 1. The van der Waals surface area contributed by atoms with Gasteiger partial charge in [-0.15, -0.1) is 0 Å². The van der Waals surface area contributed by atoms with Crippen molar-refractivity contribution >= 4 is 10.0 Å². The van der Waals surface area contributed by atoms with E-state index in [2.05, 4.69) is 4.90 Å². The number of aliphatic hydroxyl groups excluding tert-OH is 1. The van der Waals surface area contributed by atoms with Crippen molar-refractivity contribution < 1.29 is 23.0 Å². The predicted molar refractivity (Wildman–Crippen MR) is 109 cm³/mol. The van der Waals surface area contributed by atoms with Gasteiger partial charge in [0.1, 0.15) is 11.5 Å². The van der Waals surface area contributed by atoms with Gasteiger partial charge in [-0.1, -0.05) is 6.07 Å². The van der Waals surface area contributed by atoms with Gasteiger partial charge < -0.3 is 14.6 Å². The van der Waals surface area contributed by atoms with Crippen LogP contribution in [-0.4, -0.2) is 69.2 Å². The second-order valence-corrected chi connectivity index (χ2v) is 9.30. The first-order valence-corrected chi connectivity index (χ1v) is 11.2. The summed E-state index contributed by atoms with van der Waals surface area (Å²) in [6, 6.07) is 12.3. The molecule has 1 saturated heterocycles. The zero-order chi connectivity index (χ0) is 20.4. The fraction of sp³-hybridized carbons (Fsp3) is 0.429. The lowest BCUT2D eigenvalue weighted by molar-refractivity contribution is 0.0921. The summed E-state index contributed by atoms with van der Waals surface area (Å²) in [6.07, 6.45) is 0.267. The maximum Gasteiger partial charge on any atom is 0.243 e. The van der Waals surface area contributed by atoms with Crippen LogP contribution in [0.1, 0.15) is 17.2 Å². The number of piperazine rings is 1. The minimum absolute atomic E-state index is 0.271. The summed E-state index contributed by atoms with van der Waals surface area (Å²) in [5, 5.41) is 10.6. The average Bonchev–Trinajstić information content (AvgIpc) is 3.22. The minimum Gasteiger partial charge on any atom is -0.497 e. The van der Waals surface area contributed by atoms with Gasteiger partial charge in [0.15, 0.2) is 0 Å². The maximum absolute atomic E-state index is 12.9. The average molecular weight is 419 g/mol. The number of benzene rings is 2. The molecule has 4 rings (SSSR count). The Morgan fingerprint density at radius 3 is 2.52 bits per heavy atom. The van der Waals surface area contributed by atoms with Crippen molar-refractivity contribution in [2.24, 2.45) is 0 Å². The van der Waals surface area contributed by atoms with Crippen LogP contribution in [0.15, 0.2) is 47.4 Å². The van der Waals surface area contributed by atoms with Gasteiger partial charge in [-0.25, -0.2) is 8.42 Å². The predicted octanol–water partition coefficient (Wildman–Crippen LogP) is 1.67. The van der Waals surface area contributed by atoms with E-state index < -0.39 is 16.1 Å². The third kappa shape index (κ3) is 4.25. The number of nitrogens with zero attached hydrogens (tertiary/aromatic N) is 2. The Balaban J connectivity index is 1.35. The largest absolute Gasteiger partial charge is 0.497 e. The van der Waals surface area contributed by atoms with Crippen LogP contribution in [-0.2, 0) is 16.4 Å². The van der Waals surface area contributed by atoms with Crippen molar-refractivity contribution in [1.29, 1.82) is 0 Å². The number of sulfonamides is 1. The van der Waals surface area contributed by atoms with Gasteiger partial charge in [0.25, 0.3) is 0 Å². The third-order valence-corrected chi connectivity index (χ3v) is 7.47. The molecule has 2 aliphatic heterocycles. The van der Waals surface area contributed by atoms with E-state index in [1.807, 2.05) is 18.2 Å². The summed E-state index contributed by atoms with van der Waals surface area (Å²) in [7, 11) is -1.97. The lowest BCUT2D eigenvalue weighted by Gasteiger charge is -2.35. The van der Waals surface area contributed by atoms with Crippen LogP contribution in [0.5, 0.6) is 11.5 Å². The van der Waals surface area contributed by atoms with E-state index in [1.165, 1.54) is 4.31 Å². The van der Waals surface area contributed by atoms with E-state index in [1.54, 1.807) is 31.4 Å². The van der Waals surface area contributed by atoms with E-state index >= 15 is 0 Å². The summed E-state index contributed by atoms with van der Waals surface area (Å²) in [6.45, 7) is 3.15. The van der Waals surface area contributed by atoms with E-state index in [0.29, 0.717) is 45.1 Å². The lowest BCUT2D eigenvalue weighted by Crippen LogP contribution is -2.49. The maximum atomic E-state index is 12.9. The minimum atomic E-state index is -3.52. The summed E-state index contributed by atoms with van der Waals surface area (Å²) < 4.78 is 37.8. The zero-order valence-electron chi connectivity index (χ0n) is 16.5. The standard InChI is InChI=1S/C21H26N2O5S/c1-27-18-3-5-19(6-4-18)29(25,26)23-11-9-22(10-12-23)15-20(24)16-2-7-21-17(14-16)8-13-28-21/h2-7,14,20,24H,8-13,15H2,1H3/t20-/m1/s1. The lowest BCUT2D eigenvalue weighted by atomic mass is 10.0. The number of hydrogen-bond donors (Lipinski definition) is 1. The molecule has 156 valence electrons. The van der Waals surface area contributed by atoms with Crippen molar-refractivity contribution in [2.75, 3.05) is 46.4 Å². The molecule has 2 heterocycles. The van der Waals surface area contributed by atoms with Gasteiger partial charge in [0, 0.05) is 39.1 Å². The van der Waals surface area contributed by atoms with Gasteiger partial charge >= 0.3 is 0 Å². The number of aliphatic hydroxyl groups is 1. The molecule has 0 aliphatic carbocycles. The molecule has 2 aromatic rings. The van der Waals surface area contributed by atoms with Crippen LogP contribution in [0.4, 0.5) is 0 Å². The van der Waals surface area contributed by atoms with Crippen LogP contribution in [0, 0.1) is 0 Å². The molecule has 7 nitrogen and oxygen atoms in total. The van der Waals surface area contributed by atoms with Crippen molar-refractivity contribution in [3.63, 3.8) is 0 Å². The molecule has 1 N–H and O–H groups in total. The molecule has 1 atom stereocenters. The molecule has 0 bridgehead atoms. The van der Waals surface area contributed by atoms with Crippen molar-refractivity contribution in [3.8, 4) is 11.5 Å². The van der Waals surface area contributed by atoms with Crippen LogP contribution in [0.3, 0.4) is 0 Å². The fourth-order valence-electron chi connectivity index (χ4n) is 3.81.